The number of hydrogen-bond acceptors (Lipinski definition) is 4. The Kier molecular flexibility index (Phi) is 8.43. The van der Waals surface area contributed by atoms with Crippen LogP contribution in [0.2, 0.25) is 0 Å². The average molecular weight is 325 g/mol. The SMILES string of the molecule is O=S(=O)(O)O.SCCNCCCCC1CC2CCC1C2. The molecule has 2 aliphatic rings. The lowest BCUT2D eigenvalue weighted by molar-refractivity contribution is 0.305. The Labute approximate surface area is 127 Å². The molecular weight excluding hydrogens is 298 g/mol. The summed E-state index contributed by atoms with van der Waals surface area (Å²) in [5, 5.41) is 3.42. The Bertz CT molecular complexity index is 353. The minimum absolute atomic E-state index is 0.965. The zero-order valence-electron chi connectivity index (χ0n) is 11.9. The van der Waals surface area contributed by atoms with Gasteiger partial charge >= 0.3 is 10.4 Å². The van der Waals surface area contributed by atoms with Crippen molar-refractivity contribution < 1.29 is 17.5 Å². The van der Waals surface area contributed by atoms with Crippen molar-refractivity contribution in [1.29, 1.82) is 0 Å². The summed E-state index contributed by atoms with van der Waals surface area (Å²) in [6, 6.07) is 0. The normalized spacial score (nSPS) is 28.2. The van der Waals surface area contributed by atoms with Gasteiger partial charge in [0.25, 0.3) is 0 Å². The second-order valence-electron chi connectivity index (χ2n) is 5.85. The van der Waals surface area contributed by atoms with Gasteiger partial charge in [-0.05, 0) is 50.0 Å². The van der Waals surface area contributed by atoms with Gasteiger partial charge in [-0.2, -0.15) is 21.0 Å². The van der Waals surface area contributed by atoms with Gasteiger partial charge in [-0.1, -0.05) is 19.3 Å². The third-order valence-corrected chi connectivity index (χ3v) is 4.58. The van der Waals surface area contributed by atoms with Crippen LogP contribution in [0.5, 0.6) is 0 Å². The van der Waals surface area contributed by atoms with Crippen molar-refractivity contribution in [3.05, 3.63) is 0 Å². The van der Waals surface area contributed by atoms with Crippen molar-refractivity contribution in [3.8, 4) is 0 Å². The summed E-state index contributed by atoms with van der Waals surface area (Å²) in [4.78, 5) is 0. The molecule has 2 bridgehead atoms. The summed E-state index contributed by atoms with van der Waals surface area (Å²) in [7, 11) is -4.67. The molecule has 0 aromatic rings. The summed E-state index contributed by atoms with van der Waals surface area (Å²) < 4.78 is 31.6. The fourth-order valence-corrected chi connectivity index (χ4v) is 3.75. The van der Waals surface area contributed by atoms with Crippen LogP contribution < -0.4 is 5.32 Å². The molecule has 2 saturated carbocycles. The van der Waals surface area contributed by atoms with E-state index in [0.29, 0.717) is 0 Å². The standard InChI is InChI=1S/C13H25NS.H2O4S/c15-8-7-14-6-2-1-3-12-9-11-4-5-13(12)10-11;1-5(2,3)4/h11-15H,1-10H2;(H2,1,2,3,4). The lowest BCUT2D eigenvalue weighted by atomic mass is 9.85. The van der Waals surface area contributed by atoms with Crippen molar-refractivity contribution in [3.63, 3.8) is 0 Å². The van der Waals surface area contributed by atoms with Crippen LogP contribution in [0.25, 0.3) is 0 Å². The molecule has 20 heavy (non-hydrogen) atoms. The van der Waals surface area contributed by atoms with Gasteiger partial charge in [0.15, 0.2) is 0 Å². The molecule has 2 aliphatic carbocycles. The minimum Gasteiger partial charge on any atom is -0.316 e. The molecule has 3 N–H and O–H groups in total. The number of fused-ring (bicyclic) bond motifs is 2. The summed E-state index contributed by atoms with van der Waals surface area (Å²) in [6.45, 7) is 2.26. The maximum atomic E-state index is 8.74. The van der Waals surface area contributed by atoms with Gasteiger partial charge in [-0.15, -0.1) is 0 Å². The molecule has 0 aliphatic heterocycles. The predicted octanol–water partition coefficient (Wildman–Crippen LogP) is 2.46. The Morgan fingerprint density at radius 3 is 2.30 bits per heavy atom. The van der Waals surface area contributed by atoms with E-state index in [1.807, 2.05) is 0 Å². The first kappa shape index (κ1) is 18.2. The van der Waals surface area contributed by atoms with Gasteiger partial charge in [-0.25, -0.2) is 0 Å². The van der Waals surface area contributed by atoms with Crippen LogP contribution in [0.4, 0.5) is 0 Å². The lowest BCUT2D eigenvalue weighted by Gasteiger charge is -2.21. The predicted molar refractivity (Wildman–Crippen MR) is 83.7 cm³/mol. The molecule has 0 saturated heterocycles. The first-order valence-electron chi connectivity index (χ1n) is 7.41. The van der Waals surface area contributed by atoms with E-state index in [1.165, 1.54) is 25.8 Å². The molecule has 0 spiro atoms. The number of thiol groups is 1. The van der Waals surface area contributed by atoms with Crippen LogP contribution >= 0.6 is 12.6 Å². The van der Waals surface area contributed by atoms with Crippen LogP contribution in [0, 0.1) is 17.8 Å². The topological polar surface area (TPSA) is 86.6 Å². The second kappa shape index (κ2) is 9.25. The molecule has 7 heteroatoms. The van der Waals surface area contributed by atoms with Crippen molar-refractivity contribution in [1.82, 2.24) is 5.32 Å². The fourth-order valence-electron chi connectivity index (χ4n) is 3.59. The molecule has 2 fully saturated rings. The molecule has 0 heterocycles. The van der Waals surface area contributed by atoms with Gasteiger partial charge in [0.1, 0.15) is 0 Å². The molecule has 3 atom stereocenters. The highest BCUT2D eigenvalue weighted by molar-refractivity contribution is 7.80. The van der Waals surface area contributed by atoms with Crippen LogP contribution in [-0.2, 0) is 10.4 Å². The van der Waals surface area contributed by atoms with E-state index in [9.17, 15) is 0 Å². The molecular formula is C13H27NO4S2. The molecule has 0 aromatic carbocycles. The van der Waals surface area contributed by atoms with Gasteiger partial charge < -0.3 is 5.32 Å². The minimum atomic E-state index is -4.67. The third kappa shape index (κ3) is 8.46. The quantitative estimate of drug-likeness (QED) is 0.328. The smallest absolute Gasteiger partial charge is 0.316 e. The molecule has 0 amide bonds. The molecule has 0 radical (unpaired) electrons. The van der Waals surface area contributed by atoms with Crippen molar-refractivity contribution in [2.45, 2.75) is 44.9 Å². The molecule has 3 unspecified atom stereocenters. The zero-order valence-corrected chi connectivity index (χ0v) is 13.6. The average Bonchev–Trinajstić information content (AvgIpc) is 2.93. The maximum absolute atomic E-state index is 8.74. The maximum Gasteiger partial charge on any atom is 0.394 e. The summed E-state index contributed by atoms with van der Waals surface area (Å²) in [6.07, 6.45) is 10.5. The monoisotopic (exact) mass is 325 g/mol. The number of rotatable bonds is 7. The number of hydrogen-bond donors (Lipinski definition) is 4. The van der Waals surface area contributed by atoms with Gasteiger partial charge in [0.05, 0.1) is 0 Å². The molecule has 2 rings (SSSR count). The highest BCUT2D eigenvalue weighted by Crippen LogP contribution is 2.49. The second-order valence-corrected chi connectivity index (χ2v) is 7.20. The Balaban J connectivity index is 0.000000347. The third-order valence-electron chi connectivity index (χ3n) is 4.35. The molecule has 5 nitrogen and oxygen atoms in total. The van der Waals surface area contributed by atoms with E-state index in [0.717, 1.165) is 30.1 Å². The van der Waals surface area contributed by atoms with Gasteiger partial charge in [-0.3, -0.25) is 9.11 Å². The first-order valence-corrected chi connectivity index (χ1v) is 9.44. The van der Waals surface area contributed by atoms with Crippen molar-refractivity contribution in [2.75, 3.05) is 18.8 Å². The highest BCUT2D eigenvalue weighted by atomic mass is 32.3. The van der Waals surface area contributed by atoms with Crippen molar-refractivity contribution >= 4 is 23.0 Å². The molecule has 120 valence electrons. The Morgan fingerprint density at radius 1 is 1.10 bits per heavy atom. The Morgan fingerprint density at radius 2 is 1.80 bits per heavy atom. The number of nitrogens with one attached hydrogen (secondary N) is 1. The van der Waals surface area contributed by atoms with E-state index < -0.39 is 10.4 Å². The molecule has 0 aromatic heterocycles. The van der Waals surface area contributed by atoms with Crippen molar-refractivity contribution in [2.24, 2.45) is 17.8 Å². The highest BCUT2D eigenvalue weighted by Gasteiger charge is 2.38. The zero-order chi connectivity index (χ0) is 15.0. The lowest BCUT2D eigenvalue weighted by Crippen LogP contribution is -2.18. The van der Waals surface area contributed by atoms with E-state index in [-0.39, 0.29) is 0 Å². The number of unbranched alkanes of at least 4 members (excludes halogenated alkanes) is 1. The van der Waals surface area contributed by atoms with Crippen LogP contribution in [0.1, 0.15) is 44.9 Å². The summed E-state index contributed by atoms with van der Waals surface area (Å²) in [5.74, 6) is 4.32. The fraction of sp³-hybridized carbons (Fsp3) is 1.00. The first-order chi connectivity index (χ1) is 9.40. The van der Waals surface area contributed by atoms with E-state index >= 15 is 0 Å². The van der Waals surface area contributed by atoms with Gasteiger partial charge in [0, 0.05) is 12.3 Å². The largest absolute Gasteiger partial charge is 0.394 e. The summed E-state index contributed by atoms with van der Waals surface area (Å²) in [5.41, 5.74) is 0. The van der Waals surface area contributed by atoms with E-state index in [1.54, 1.807) is 25.7 Å². The Hall–Kier alpha value is 0.180. The van der Waals surface area contributed by atoms with E-state index in [4.69, 9.17) is 17.5 Å². The van der Waals surface area contributed by atoms with Gasteiger partial charge in [0.2, 0.25) is 0 Å². The van der Waals surface area contributed by atoms with Crippen LogP contribution in [0.3, 0.4) is 0 Å². The summed E-state index contributed by atoms with van der Waals surface area (Å²) >= 11 is 4.18. The van der Waals surface area contributed by atoms with Crippen LogP contribution in [-0.4, -0.2) is 36.4 Å². The van der Waals surface area contributed by atoms with E-state index in [2.05, 4.69) is 17.9 Å². The van der Waals surface area contributed by atoms with Crippen LogP contribution in [0.15, 0.2) is 0 Å².